The van der Waals surface area contributed by atoms with Crippen molar-refractivity contribution in [2.45, 2.75) is 42.9 Å². The molecule has 2 heteroatoms. The molecule has 20 heavy (non-hydrogen) atoms. The van der Waals surface area contributed by atoms with Gasteiger partial charge in [-0.2, -0.15) is 0 Å². The number of hydrogen-bond donors (Lipinski definition) is 1. The number of piperidine rings is 1. The second-order valence-corrected chi connectivity index (χ2v) is 6.48. The van der Waals surface area contributed by atoms with Crippen LogP contribution in [0.4, 0.5) is 0 Å². The zero-order chi connectivity index (χ0) is 13.8. The number of benzene rings is 1. The van der Waals surface area contributed by atoms with E-state index in [1.54, 1.807) is 0 Å². The van der Waals surface area contributed by atoms with Crippen LogP contribution in [0.15, 0.2) is 54.1 Å². The van der Waals surface area contributed by atoms with Gasteiger partial charge in [0.05, 0.1) is 11.6 Å². The van der Waals surface area contributed by atoms with Crippen LogP contribution >= 0.6 is 0 Å². The van der Waals surface area contributed by atoms with E-state index < -0.39 is 0 Å². The van der Waals surface area contributed by atoms with E-state index in [4.69, 9.17) is 0 Å². The second kappa shape index (κ2) is 4.06. The van der Waals surface area contributed by atoms with Gasteiger partial charge in [-0.25, -0.2) is 0 Å². The van der Waals surface area contributed by atoms with Gasteiger partial charge in [-0.3, -0.25) is 4.90 Å². The van der Waals surface area contributed by atoms with Gasteiger partial charge < -0.3 is 5.11 Å². The predicted octanol–water partition coefficient (Wildman–Crippen LogP) is 3.00. The molecule has 2 nitrogen and oxygen atoms in total. The van der Waals surface area contributed by atoms with Gasteiger partial charge in [-0.05, 0) is 43.9 Å². The Labute approximate surface area is 120 Å². The van der Waals surface area contributed by atoms with Gasteiger partial charge in [0, 0.05) is 5.54 Å². The van der Waals surface area contributed by atoms with E-state index in [-0.39, 0.29) is 17.2 Å². The van der Waals surface area contributed by atoms with E-state index in [2.05, 4.69) is 60.5 Å². The zero-order valence-electron chi connectivity index (χ0n) is 11.9. The average molecular weight is 267 g/mol. The van der Waals surface area contributed by atoms with E-state index >= 15 is 0 Å². The Hall–Kier alpha value is -1.38. The summed E-state index contributed by atoms with van der Waals surface area (Å²) in [6.07, 6.45) is 10.7. The molecule has 104 valence electrons. The Kier molecular flexibility index (Phi) is 2.51. The monoisotopic (exact) mass is 267 g/mol. The van der Waals surface area contributed by atoms with Crippen molar-refractivity contribution in [3.8, 4) is 0 Å². The van der Waals surface area contributed by atoms with Crippen molar-refractivity contribution in [2.24, 2.45) is 0 Å². The quantitative estimate of drug-likeness (QED) is 0.845. The summed E-state index contributed by atoms with van der Waals surface area (Å²) in [5, 5.41) is 10.5. The van der Waals surface area contributed by atoms with Crippen molar-refractivity contribution >= 4 is 0 Å². The normalized spacial score (nSPS) is 39.5. The molecule has 1 aliphatic carbocycles. The van der Waals surface area contributed by atoms with E-state index in [1.807, 2.05) is 0 Å². The third-order valence-electron chi connectivity index (χ3n) is 5.59. The molecule has 1 fully saturated rings. The third-order valence-corrected chi connectivity index (χ3v) is 5.59. The molecule has 2 unspecified atom stereocenters. The Morgan fingerprint density at radius 2 is 2.00 bits per heavy atom. The number of allylic oxidation sites excluding steroid dienone is 1. The van der Waals surface area contributed by atoms with Crippen molar-refractivity contribution in [2.75, 3.05) is 7.05 Å². The van der Waals surface area contributed by atoms with Crippen molar-refractivity contribution in [1.29, 1.82) is 0 Å². The molecule has 3 atom stereocenters. The molecule has 0 saturated carbocycles. The molecule has 2 aliphatic heterocycles. The maximum atomic E-state index is 10.5. The molecular weight excluding hydrogens is 246 g/mol. The summed E-state index contributed by atoms with van der Waals surface area (Å²) in [6, 6.07) is 10.6. The van der Waals surface area contributed by atoms with E-state index in [0.29, 0.717) is 0 Å². The fourth-order valence-corrected chi connectivity index (χ4v) is 4.61. The van der Waals surface area contributed by atoms with Crippen molar-refractivity contribution < 1.29 is 5.11 Å². The topological polar surface area (TPSA) is 23.5 Å². The van der Waals surface area contributed by atoms with Crippen LogP contribution in [0, 0.1) is 0 Å². The van der Waals surface area contributed by atoms with Gasteiger partial charge in [0.2, 0.25) is 0 Å². The Morgan fingerprint density at radius 3 is 2.80 bits per heavy atom. The van der Waals surface area contributed by atoms with Gasteiger partial charge in [-0.1, -0.05) is 48.6 Å². The van der Waals surface area contributed by atoms with E-state index in [9.17, 15) is 5.11 Å². The molecule has 1 N–H and O–H groups in total. The first-order valence-corrected chi connectivity index (χ1v) is 7.55. The highest BCUT2D eigenvalue weighted by Crippen LogP contribution is 2.56. The fourth-order valence-electron chi connectivity index (χ4n) is 4.61. The fraction of sp³-hybridized carbons (Fsp3) is 0.444. The SMILES string of the molecule is CN1C2(c3ccccc3)C=C3C=CCC[C@]31CC(O)C2. The Morgan fingerprint density at radius 1 is 1.20 bits per heavy atom. The predicted molar refractivity (Wildman–Crippen MR) is 80.3 cm³/mol. The molecule has 0 amide bonds. The van der Waals surface area contributed by atoms with E-state index in [0.717, 1.165) is 25.7 Å². The minimum absolute atomic E-state index is 0.0439. The third kappa shape index (κ3) is 1.41. The molecule has 0 radical (unpaired) electrons. The first kappa shape index (κ1) is 12.4. The lowest BCUT2D eigenvalue weighted by Gasteiger charge is -2.53. The van der Waals surface area contributed by atoms with Crippen LogP contribution in [0.5, 0.6) is 0 Å². The van der Waals surface area contributed by atoms with Crippen molar-refractivity contribution in [1.82, 2.24) is 4.90 Å². The number of rotatable bonds is 1. The molecule has 1 aromatic rings. The van der Waals surface area contributed by atoms with Crippen LogP contribution in [0.3, 0.4) is 0 Å². The summed E-state index contributed by atoms with van der Waals surface area (Å²) in [5.74, 6) is 0. The summed E-state index contributed by atoms with van der Waals surface area (Å²) >= 11 is 0. The van der Waals surface area contributed by atoms with Gasteiger partial charge in [0.15, 0.2) is 0 Å². The van der Waals surface area contributed by atoms with Crippen molar-refractivity contribution in [3.63, 3.8) is 0 Å². The molecule has 2 bridgehead atoms. The highest BCUT2D eigenvalue weighted by molar-refractivity contribution is 5.49. The summed E-state index contributed by atoms with van der Waals surface area (Å²) in [4.78, 5) is 2.53. The highest BCUT2D eigenvalue weighted by Gasteiger charge is 2.58. The van der Waals surface area contributed by atoms with Gasteiger partial charge in [0.1, 0.15) is 0 Å². The maximum absolute atomic E-state index is 10.5. The number of aliphatic hydroxyl groups is 1. The lowest BCUT2D eigenvalue weighted by atomic mass is 9.73. The van der Waals surface area contributed by atoms with E-state index in [1.165, 1.54) is 11.1 Å². The summed E-state index contributed by atoms with van der Waals surface area (Å²) < 4.78 is 0. The van der Waals surface area contributed by atoms with Gasteiger partial charge in [0.25, 0.3) is 0 Å². The van der Waals surface area contributed by atoms with Crippen LogP contribution in [-0.2, 0) is 5.54 Å². The van der Waals surface area contributed by atoms with Crippen LogP contribution < -0.4 is 0 Å². The first-order valence-electron chi connectivity index (χ1n) is 7.55. The van der Waals surface area contributed by atoms with Gasteiger partial charge in [-0.15, -0.1) is 0 Å². The molecule has 0 aromatic heterocycles. The number of hydrogen-bond acceptors (Lipinski definition) is 2. The minimum atomic E-state index is -0.216. The molecule has 1 saturated heterocycles. The molecule has 1 spiro atoms. The number of nitrogens with zero attached hydrogens (tertiary/aromatic N) is 1. The minimum Gasteiger partial charge on any atom is -0.393 e. The largest absolute Gasteiger partial charge is 0.393 e. The molecule has 3 aliphatic rings. The Bertz CT molecular complexity index is 591. The van der Waals surface area contributed by atoms with Crippen LogP contribution in [0.2, 0.25) is 0 Å². The maximum Gasteiger partial charge on any atom is 0.0681 e. The van der Waals surface area contributed by atoms with Crippen LogP contribution in [-0.4, -0.2) is 28.7 Å². The number of fused-ring (bicyclic) bond motifs is 1. The van der Waals surface area contributed by atoms with Crippen LogP contribution in [0.1, 0.15) is 31.2 Å². The standard InChI is InChI=1S/C18H21NO/c1-19-17-10-6-5-9-15(17)11-18(19,13-16(20)12-17)14-7-3-2-4-8-14/h2-5,7-9,11,16,20H,6,10,12-13H2,1H3/t16?,17-,18?/m0/s1. The lowest BCUT2D eigenvalue weighted by Crippen LogP contribution is -2.59. The van der Waals surface area contributed by atoms with Crippen LogP contribution in [0.25, 0.3) is 0 Å². The molecule has 2 heterocycles. The Balaban J connectivity index is 1.92. The first-order chi connectivity index (χ1) is 9.67. The van der Waals surface area contributed by atoms with Crippen molar-refractivity contribution in [3.05, 3.63) is 59.7 Å². The molecule has 1 aromatic carbocycles. The highest BCUT2D eigenvalue weighted by atomic mass is 16.3. The lowest BCUT2D eigenvalue weighted by molar-refractivity contribution is -0.0473. The molecule has 4 rings (SSSR count). The number of aliphatic hydroxyl groups excluding tert-OH is 1. The molecular formula is C18H21NO. The number of likely N-dealkylation sites (N-methyl/N-ethyl adjacent to an activating group) is 1. The average Bonchev–Trinajstić information content (AvgIpc) is 2.62. The zero-order valence-corrected chi connectivity index (χ0v) is 11.9. The summed E-state index contributed by atoms with van der Waals surface area (Å²) in [6.45, 7) is 0. The summed E-state index contributed by atoms with van der Waals surface area (Å²) in [7, 11) is 2.24. The van der Waals surface area contributed by atoms with Gasteiger partial charge >= 0.3 is 0 Å². The smallest absolute Gasteiger partial charge is 0.0681 e. The second-order valence-electron chi connectivity index (χ2n) is 6.48. The summed E-state index contributed by atoms with van der Waals surface area (Å²) in [5.41, 5.74) is 2.62.